The van der Waals surface area contributed by atoms with Gasteiger partial charge in [0, 0.05) is 32.6 Å². The highest BCUT2D eigenvalue weighted by atomic mass is 16.6. The third-order valence-corrected chi connectivity index (χ3v) is 3.59. The molecule has 1 saturated heterocycles. The molecule has 1 heterocycles. The van der Waals surface area contributed by atoms with E-state index in [0.29, 0.717) is 19.7 Å². The molecule has 0 bridgehead atoms. The number of ether oxygens (including phenoxy) is 1. The Kier molecular flexibility index (Phi) is 6.67. The number of nitrogens with zero attached hydrogens (tertiary/aromatic N) is 2. The number of rotatable bonds is 5. The molecule has 1 aliphatic heterocycles. The zero-order chi connectivity index (χ0) is 14.3. The highest BCUT2D eigenvalue weighted by molar-refractivity contribution is 5.79. The van der Waals surface area contributed by atoms with Gasteiger partial charge in [0.2, 0.25) is 5.91 Å². The zero-order valence-electron chi connectivity index (χ0n) is 12.4. The van der Waals surface area contributed by atoms with Gasteiger partial charge in [0.1, 0.15) is 0 Å². The quantitative estimate of drug-likeness (QED) is 0.769. The normalized spacial score (nSPS) is 16.3. The number of hydrogen-bond acceptors (Lipinski definition) is 3. The smallest absolute Gasteiger partial charge is 0.409 e. The third-order valence-electron chi connectivity index (χ3n) is 3.59. The number of carbonyl (C=O) groups excluding carboxylic acids is 2. The van der Waals surface area contributed by atoms with Crippen LogP contribution in [0.15, 0.2) is 0 Å². The molecule has 0 radical (unpaired) electrons. The standard InChI is InChI=1S/C14H26N2O3/c1-4-6-9-15(3)13(17)12-7-10-16(11-8-12)14(18)19-5-2/h12H,4-11H2,1-3H3. The van der Waals surface area contributed by atoms with Crippen molar-refractivity contribution in [3.63, 3.8) is 0 Å². The highest BCUT2D eigenvalue weighted by Crippen LogP contribution is 2.20. The van der Waals surface area contributed by atoms with Crippen LogP contribution in [0, 0.1) is 5.92 Å². The molecule has 1 fully saturated rings. The molecule has 0 aromatic carbocycles. The van der Waals surface area contributed by atoms with Crippen molar-refractivity contribution >= 4 is 12.0 Å². The summed E-state index contributed by atoms with van der Waals surface area (Å²) >= 11 is 0. The summed E-state index contributed by atoms with van der Waals surface area (Å²) in [5.41, 5.74) is 0. The first-order valence-electron chi connectivity index (χ1n) is 7.26. The summed E-state index contributed by atoms with van der Waals surface area (Å²) in [5.74, 6) is 0.282. The van der Waals surface area contributed by atoms with Gasteiger partial charge < -0.3 is 14.5 Å². The van der Waals surface area contributed by atoms with Gasteiger partial charge in [0.25, 0.3) is 0 Å². The maximum absolute atomic E-state index is 12.2. The minimum Gasteiger partial charge on any atom is -0.450 e. The van der Waals surface area contributed by atoms with Crippen molar-refractivity contribution in [3.8, 4) is 0 Å². The van der Waals surface area contributed by atoms with E-state index in [9.17, 15) is 9.59 Å². The van der Waals surface area contributed by atoms with Crippen LogP contribution in [0.4, 0.5) is 4.79 Å². The van der Waals surface area contributed by atoms with Gasteiger partial charge in [-0.2, -0.15) is 0 Å². The lowest BCUT2D eigenvalue weighted by molar-refractivity contribution is -0.135. The van der Waals surface area contributed by atoms with Gasteiger partial charge in [-0.15, -0.1) is 0 Å². The van der Waals surface area contributed by atoms with Crippen LogP contribution in [-0.4, -0.2) is 55.1 Å². The van der Waals surface area contributed by atoms with Crippen LogP contribution < -0.4 is 0 Å². The van der Waals surface area contributed by atoms with E-state index in [1.165, 1.54) is 0 Å². The van der Waals surface area contributed by atoms with Crippen LogP contribution in [-0.2, 0) is 9.53 Å². The van der Waals surface area contributed by atoms with E-state index >= 15 is 0 Å². The third kappa shape index (κ3) is 4.73. The van der Waals surface area contributed by atoms with Crippen molar-refractivity contribution in [3.05, 3.63) is 0 Å². The SMILES string of the molecule is CCCCN(C)C(=O)C1CCN(C(=O)OCC)CC1. The number of carbonyl (C=O) groups is 2. The van der Waals surface area contributed by atoms with Crippen molar-refractivity contribution in [2.24, 2.45) is 5.92 Å². The molecule has 5 nitrogen and oxygen atoms in total. The average Bonchev–Trinajstić information content (AvgIpc) is 2.44. The van der Waals surface area contributed by atoms with E-state index in [2.05, 4.69) is 6.92 Å². The Labute approximate surface area is 115 Å². The molecule has 0 spiro atoms. The maximum Gasteiger partial charge on any atom is 0.409 e. The van der Waals surface area contributed by atoms with Crippen molar-refractivity contribution in [1.29, 1.82) is 0 Å². The highest BCUT2D eigenvalue weighted by Gasteiger charge is 2.29. The number of piperidine rings is 1. The fraction of sp³-hybridized carbons (Fsp3) is 0.857. The fourth-order valence-corrected chi connectivity index (χ4v) is 2.34. The van der Waals surface area contributed by atoms with E-state index in [4.69, 9.17) is 4.74 Å². The molecule has 0 aromatic rings. The van der Waals surface area contributed by atoms with Crippen LogP contribution in [0.1, 0.15) is 39.5 Å². The lowest BCUT2D eigenvalue weighted by Crippen LogP contribution is -2.43. The second-order valence-corrected chi connectivity index (χ2v) is 5.07. The van der Waals surface area contributed by atoms with Crippen LogP contribution in [0.3, 0.4) is 0 Å². The first-order valence-corrected chi connectivity index (χ1v) is 7.26. The molecule has 0 aliphatic carbocycles. The molecule has 0 atom stereocenters. The monoisotopic (exact) mass is 270 g/mol. The number of likely N-dealkylation sites (tertiary alicyclic amines) is 1. The van der Waals surface area contributed by atoms with Crippen LogP contribution in [0.5, 0.6) is 0 Å². The van der Waals surface area contributed by atoms with Gasteiger partial charge in [-0.25, -0.2) is 4.79 Å². The van der Waals surface area contributed by atoms with E-state index < -0.39 is 0 Å². The van der Waals surface area contributed by atoms with Crippen molar-refractivity contribution < 1.29 is 14.3 Å². The predicted octanol–water partition coefficient (Wildman–Crippen LogP) is 2.11. The predicted molar refractivity (Wildman–Crippen MR) is 73.9 cm³/mol. The largest absolute Gasteiger partial charge is 0.450 e. The maximum atomic E-state index is 12.2. The lowest BCUT2D eigenvalue weighted by Gasteiger charge is -2.32. The molecule has 2 amide bonds. The average molecular weight is 270 g/mol. The van der Waals surface area contributed by atoms with E-state index in [0.717, 1.165) is 32.2 Å². The van der Waals surface area contributed by atoms with Crippen LogP contribution in [0.2, 0.25) is 0 Å². The molecular weight excluding hydrogens is 244 g/mol. The topological polar surface area (TPSA) is 49.9 Å². The molecule has 19 heavy (non-hydrogen) atoms. The van der Waals surface area contributed by atoms with Crippen molar-refractivity contribution in [2.75, 3.05) is 33.3 Å². The molecule has 1 aliphatic rings. The second kappa shape index (κ2) is 8.02. The van der Waals surface area contributed by atoms with Gasteiger partial charge in [-0.1, -0.05) is 13.3 Å². The number of hydrogen-bond donors (Lipinski definition) is 0. The number of unbranched alkanes of at least 4 members (excludes halogenated alkanes) is 1. The summed E-state index contributed by atoms with van der Waals surface area (Å²) < 4.78 is 4.97. The molecule has 1 rings (SSSR count). The van der Waals surface area contributed by atoms with Crippen LogP contribution in [0.25, 0.3) is 0 Å². The Bertz CT molecular complexity index is 299. The summed E-state index contributed by atoms with van der Waals surface area (Å²) in [5, 5.41) is 0. The summed E-state index contributed by atoms with van der Waals surface area (Å²) in [6, 6.07) is 0. The summed E-state index contributed by atoms with van der Waals surface area (Å²) in [6.07, 6.45) is 3.37. The van der Waals surface area contributed by atoms with E-state index in [1.807, 2.05) is 11.9 Å². The minimum atomic E-state index is -0.257. The zero-order valence-corrected chi connectivity index (χ0v) is 12.4. The molecule has 0 aromatic heterocycles. The fourth-order valence-electron chi connectivity index (χ4n) is 2.34. The molecular formula is C14H26N2O3. The Morgan fingerprint density at radius 3 is 2.42 bits per heavy atom. The van der Waals surface area contributed by atoms with Crippen molar-refractivity contribution in [1.82, 2.24) is 9.80 Å². The summed E-state index contributed by atoms with van der Waals surface area (Å²) in [7, 11) is 1.87. The van der Waals surface area contributed by atoms with Gasteiger partial charge in [0.05, 0.1) is 6.61 Å². The lowest BCUT2D eigenvalue weighted by atomic mass is 9.95. The summed E-state index contributed by atoms with van der Waals surface area (Å²) in [6.45, 7) is 6.39. The summed E-state index contributed by atoms with van der Waals surface area (Å²) in [4.78, 5) is 27.3. The van der Waals surface area contributed by atoms with Crippen molar-refractivity contribution in [2.45, 2.75) is 39.5 Å². The molecule has 5 heteroatoms. The van der Waals surface area contributed by atoms with E-state index in [-0.39, 0.29) is 17.9 Å². The second-order valence-electron chi connectivity index (χ2n) is 5.07. The van der Waals surface area contributed by atoms with E-state index in [1.54, 1.807) is 11.8 Å². The van der Waals surface area contributed by atoms with Gasteiger partial charge in [-0.05, 0) is 26.2 Å². The Morgan fingerprint density at radius 1 is 1.26 bits per heavy atom. The minimum absolute atomic E-state index is 0.0625. The number of amides is 2. The Balaban J connectivity index is 2.36. The molecule has 0 N–H and O–H groups in total. The molecule has 0 saturated carbocycles. The first kappa shape index (κ1) is 15.8. The van der Waals surface area contributed by atoms with Gasteiger partial charge >= 0.3 is 6.09 Å². The molecule has 110 valence electrons. The van der Waals surface area contributed by atoms with Gasteiger partial charge in [0.15, 0.2) is 0 Å². The Hall–Kier alpha value is -1.26. The first-order chi connectivity index (χ1) is 9.10. The Morgan fingerprint density at radius 2 is 1.89 bits per heavy atom. The van der Waals surface area contributed by atoms with Crippen LogP contribution >= 0.6 is 0 Å². The van der Waals surface area contributed by atoms with Gasteiger partial charge in [-0.3, -0.25) is 4.79 Å². The molecule has 0 unspecified atom stereocenters.